The van der Waals surface area contributed by atoms with Gasteiger partial charge >= 0.3 is 7.60 Å². The van der Waals surface area contributed by atoms with Crippen LogP contribution in [0.25, 0.3) is 0 Å². The van der Waals surface area contributed by atoms with Gasteiger partial charge in [0, 0.05) is 12.8 Å². The van der Waals surface area contributed by atoms with E-state index < -0.39 is 12.8 Å². The number of carbonyl (C=O) groups excluding carboxylic acids is 1. The molecule has 1 saturated carbocycles. The summed E-state index contributed by atoms with van der Waals surface area (Å²) in [6.45, 7) is 11.0. The van der Waals surface area contributed by atoms with Crippen molar-refractivity contribution in [2.24, 2.45) is 5.41 Å². The van der Waals surface area contributed by atoms with Crippen LogP contribution < -0.4 is 0 Å². The molecule has 22 heavy (non-hydrogen) atoms. The summed E-state index contributed by atoms with van der Waals surface area (Å²) in [7, 11) is -3.30. The highest BCUT2D eigenvalue weighted by Gasteiger charge is 2.54. The lowest BCUT2D eigenvalue weighted by Crippen LogP contribution is -2.41. The van der Waals surface area contributed by atoms with Crippen LogP contribution in [-0.4, -0.2) is 24.2 Å². The van der Waals surface area contributed by atoms with Crippen molar-refractivity contribution in [2.45, 2.75) is 84.7 Å². The van der Waals surface area contributed by atoms with Gasteiger partial charge in [-0.15, -0.1) is 0 Å². The van der Waals surface area contributed by atoms with Crippen LogP contribution in [0.2, 0.25) is 0 Å². The molecule has 0 radical (unpaired) electrons. The second-order valence-corrected chi connectivity index (χ2v) is 10.2. The zero-order valence-electron chi connectivity index (χ0n) is 14.9. The topological polar surface area (TPSA) is 52.6 Å². The van der Waals surface area contributed by atoms with Gasteiger partial charge in [0.2, 0.25) is 0 Å². The van der Waals surface area contributed by atoms with Gasteiger partial charge in [-0.1, -0.05) is 40.5 Å². The van der Waals surface area contributed by atoms with Gasteiger partial charge < -0.3 is 9.05 Å². The summed E-state index contributed by atoms with van der Waals surface area (Å²) in [5.41, 5.74) is -0.151. The standard InChI is InChI=1S/C17H33O4P/c1-6-8-10-20-22(19,21-11-9-7-2)17(5)13-15(18)12-16(3,4)14-17/h6-14H2,1-5H3/t17-/m1/s1. The zero-order chi connectivity index (χ0) is 16.9. The molecule has 0 aliphatic heterocycles. The minimum Gasteiger partial charge on any atom is -0.308 e. The highest BCUT2D eigenvalue weighted by atomic mass is 31.2. The molecule has 0 aromatic heterocycles. The van der Waals surface area contributed by atoms with E-state index in [1.54, 1.807) is 0 Å². The van der Waals surface area contributed by atoms with Crippen molar-refractivity contribution in [3.63, 3.8) is 0 Å². The smallest absolute Gasteiger partial charge is 0.308 e. The number of Topliss-reactive ketones (excluding diaryl/α,β-unsaturated/α-hetero) is 1. The number of carbonyl (C=O) groups is 1. The maximum absolute atomic E-state index is 13.5. The predicted molar refractivity (Wildman–Crippen MR) is 90.4 cm³/mol. The molecule has 1 fully saturated rings. The first-order chi connectivity index (χ1) is 10.2. The SMILES string of the molecule is CCCCOP(=O)(OCCCC)[C@]1(C)CC(=O)CC(C)(C)C1. The molecule has 0 bridgehead atoms. The molecule has 0 aromatic rings. The van der Waals surface area contributed by atoms with E-state index >= 15 is 0 Å². The van der Waals surface area contributed by atoms with Gasteiger partial charge in [0.25, 0.3) is 0 Å². The predicted octanol–water partition coefficient (Wildman–Crippen LogP) is 5.35. The van der Waals surface area contributed by atoms with E-state index in [0.717, 1.165) is 25.7 Å². The van der Waals surface area contributed by atoms with Crippen molar-refractivity contribution in [3.8, 4) is 0 Å². The molecule has 0 spiro atoms. The van der Waals surface area contributed by atoms with Crippen LogP contribution in [0, 0.1) is 5.41 Å². The van der Waals surface area contributed by atoms with Crippen LogP contribution >= 0.6 is 7.60 Å². The number of unbranched alkanes of at least 4 members (excludes halogenated alkanes) is 2. The molecule has 0 saturated heterocycles. The fraction of sp³-hybridized carbons (Fsp3) is 0.941. The fourth-order valence-corrected chi connectivity index (χ4v) is 5.81. The van der Waals surface area contributed by atoms with E-state index in [4.69, 9.17) is 9.05 Å². The van der Waals surface area contributed by atoms with Crippen LogP contribution in [0.15, 0.2) is 0 Å². The maximum Gasteiger partial charge on any atom is 0.336 e. The molecule has 5 heteroatoms. The third-order valence-corrected chi connectivity index (χ3v) is 6.98. The summed E-state index contributed by atoms with van der Waals surface area (Å²) < 4.78 is 25.0. The average molecular weight is 332 g/mol. The van der Waals surface area contributed by atoms with Crippen molar-refractivity contribution < 1.29 is 18.4 Å². The van der Waals surface area contributed by atoms with E-state index in [1.807, 2.05) is 6.92 Å². The first-order valence-electron chi connectivity index (χ1n) is 8.59. The lowest BCUT2D eigenvalue weighted by Gasteiger charge is -2.44. The summed E-state index contributed by atoms with van der Waals surface area (Å²) in [6.07, 6.45) is 5.22. The molecule has 1 atom stereocenters. The molecule has 0 heterocycles. The average Bonchev–Trinajstić information content (AvgIpc) is 2.36. The van der Waals surface area contributed by atoms with E-state index in [9.17, 15) is 9.36 Å². The normalized spacial score (nSPS) is 25.4. The minimum absolute atomic E-state index is 0.151. The number of ketones is 1. The van der Waals surface area contributed by atoms with E-state index in [1.165, 1.54) is 0 Å². The molecule has 1 aliphatic carbocycles. The second-order valence-electron chi connectivity index (χ2n) is 7.60. The first kappa shape index (κ1) is 19.9. The maximum atomic E-state index is 13.5. The van der Waals surface area contributed by atoms with Crippen LogP contribution in [0.5, 0.6) is 0 Å². The summed E-state index contributed by atoms with van der Waals surface area (Å²) >= 11 is 0. The minimum atomic E-state index is -3.30. The van der Waals surface area contributed by atoms with Crippen LogP contribution in [0.3, 0.4) is 0 Å². The summed E-state index contributed by atoms with van der Waals surface area (Å²) in [5, 5.41) is -0.701. The Morgan fingerprint density at radius 1 is 1.00 bits per heavy atom. The Kier molecular flexibility index (Phi) is 7.29. The van der Waals surface area contributed by atoms with Crippen molar-refractivity contribution in [3.05, 3.63) is 0 Å². The Hall–Kier alpha value is -0.180. The van der Waals surface area contributed by atoms with Crippen LogP contribution in [0.4, 0.5) is 0 Å². The number of hydrogen-bond donors (Lipinski definition) is 0. The Labute approximate surface area is 135 Å². The Bertz CT molecular complexity index is 405. The van der Waals surface area contributed by atoms with Gasteiger partial charge in [-0.05, 0) is 31.6 Å². The van der Waals surface area contributed by atoms with Gasteiger partial charge in [-0.2, -0.15) is 0 Å². The first-order valence-corrected chi connectivity index (χ1v) is 10.1. The Morgan fingerprint density at radius 2 is 1.50 bits per heavy atom. The molecular formula is C17H33O4P. The van der Waals surface area contributed by atoms with Gasteiger partial charge in [0.1, 0.15) is 5.78 Å². The van der Waals surface area contributed by atoms with Gasteiger partial charge in [-0.3, -0.25) is 9.36 Å². The zero-order valence-corrected chi connectivity index (χ0v) is 15.8. The molecule has 0 amide bonds. The largest absolute Gasteiger partial charge is 0.336 e. The van der Waals surface area contributed by atoms with Gasteiger partial charge in [-0.25, -0.2) is 0 Å². The van der Waals surface area contributed by atoms with Crippen molar-refractivity contribution in [2.75, 3.05) is 13.2 Å². The molecule has 1 rings (SSSR count). The summed E-state index contributed by atoms with van der Waals surface area (Å²) in [6, 6.07) is 0. The Morgan fingerprint density at radius 3 is 1.91 bits per heavy atom. The van der Waals surface area contributed by atoms with Crippen LogP contribution in [-0.2, 0) is 18.4 Å². The van der Waals surface area contributed by atoms with Crippen molar-refractivity contribution >= 4 is 13.4 Å². The quantitative estimate of drug-likeness (QED) is 0.422. The lowest BCUT2D eigenvalue weighted by molar-refractivity contribution is -0.124. The van der Waals surface area contributed by atoms with Crippen molar-refractivity contribution in [1.29, 1.82) is 0 Å². The van der Waals surface area contributed by atoms with Crippen LogP contribution in [0.1, 0.15) is 79.6 Å². The van der Waals surface area contributed by atoms with Crippen molar-refractivity contribution in [1.82, 2.24) is 0 Å². The third-order valence-electron chi connectivity index (χ3n) is 4.29. The summed E-state index contributed by atoms with van der Waals surface area (Å²) in [4.78, 5) is 12.2. The highest BCUT2D eigenvalue weighted by Crippen LogP contribution is 2.66. The highest BCUT2D eigenvalue weighted by molar-refractivity contribution is 7.55. The second kappa shape index (κ2) is 8.08. The molecule has 0 aromatic carbocycles. The molecular weight excluding hydrogens is 299 g/mol. The molecule has 1 aliphatic rings. The number of hydrogen-bond acceptors (Lipinski definition) is 4. The Balaban J connectivity index is 2.96. The molecule has 4 nitrogen and oxygen atoms in total. The van der Waals surface area contributed by atoms with E-state index in [-0.39, 0.29) is 11.2 Å². The van der Waals surface area contributed by atoms with E-state index in [2.05, 4.69) is 27.7 Å². The molecule has 0 N–H and O–H groups in total. The lowest BCUT2D eigenvalue weighted by atomic mass is 9.72. The molecule has 0 unspecified atom stereocenters. The molecule has 130 valence electrons. The fourth-order valence-electron chi connectivity index (χ4n) is 3.38. The van der Waals surface area contributed by atoms with E-state index in [0.29, 0.717) is 32.5 Å². The number of rotatable bonds is 9. The summed E-state index contributed by atoms with van der Waals surface area (Å²) in [5.74, 6) is 0.164. The van der Waals surface area contributed by atoms with Gasteiger partial charge in [0.15, 0.2) is 0 Å². The third kappa shape index (κ3) is 5.18. The van der Waals surface area contributed by atoms with Gasteiger partial charge in [0.05, 0.1) is 18.4 Å². The monoisotopic (exact) mass is 332 g/mol.